The summed E-state index contributed by atoms with van der Waals surface area (Å²) in [5.41, 5.74) is 2.82. The minimum absolute atomic E-state index is 0.356. The van der Waals surface area contributed by atoms with E-state index in [1.54, 1.807) is 0 Å². The van der Waals surface area contributed by atoms with Gasteiger partial charge in [-0.05, 0) is 37.8 Å². The van der Waals surface area contributed by atoms with Crippen molar-refractivity contribution in [1.29, 1.82) is 0 Å². The predicted molar refractivity (Wildman–Crippen MR) is 81.3 cm³/mol. The Balaban J connectivity index is 0.000000982. The van der Waals surface area contributed by atoms with Gasteiger partial charge >= 0.3 is 37.9 Å². The second-order valence-corrected chi connectivity index (χ2v) is 8.01. The fraction of sp³-hybridized carbons (Fsp3) is 0.500. The van der Waals surface area contributed by atoms with E-state index in [9.17, 15) is 5.11 Å². The SMILES string of the molecule is CCC(CC)N=Cc1c(C)ccc(C)c1O.[Cl][Zr][Cl]. The van der Waals surface area contributed by atoms with Crippen LogP contribution in [0.15, 0.2) is 17.1 Å². The first-order valence-electron chi connectivity index (χ1n) is 6.30. The standard InChI is InChI=1S/C14H21NO.2ClH.Zr/c1-5-12(6-2)15-9-13-10(3)7-8-11(4)14(13)16;;;/h7-9,12,16H,5-6H2,1-4H3;2*1H;/q;;;+2/p-2. The third-order valence-corrected chi connectivity index (χ3v) is 2.99. The van der Waals surface area contributed by atoms with Crippen LogP contribution in [0, 0.1) is 13.8 Å². The number of rotatable bonds is 4. The molecule has 0 aliphatic heterocycles. The fourth-order valence-corrected chi connectivity index (χ4v) is 1.66. The second-order valence-electron chi connectivity index (χ2n) is 4.28. The third-order valence-electron chi connectivity index (χ3n) is 2.99. The molecule has 19 heavy (non-hydrogen) atoms. The van der Waals surface area contributed by atoms with Crippen molar-refractivity contribution in [3.63, 3.8) is 0 Å². The Bertz CT molecular complexity index is 407. The number of nitrogens with zero attached hydrogens (tertiary/aromatic N) is 1. The van der Waals surface area contributed by atoms with Gasteiger partial charge in [-0.15, -0.1) is 0 Å². The van der Waals surface area contributed by atoms with Crippen LogP contribution >= 0.6 is 17.0 Å². The number of aromatic hydroxyl groups is 1. The van der Waals surface area contributed by atoms with Gasteiger partial charge in [0.1, 0.15) is 5.75 Å². The van der Waals surface area contributed by atoms with Crippen molar-refractivity contribution in [2.24, 2.45) is 4.99 Å². The van der Waals surface area contributed by atoms with E-state index in [2.05, 4.69) is 18.8 Å². The average molecular weight is 381 g/mol. The van der Waals surface area contributed by atoms with Gasteiger partial charge in [-0.3, -0.25) is 4.99 Å². The van der Waals surface area contributed by atoms with Crippen molar-refractivity contribution in [3.8, 4) is 5.75 Å². The van der Waals surface area contributed by atoms with Crippen molar-refractivity contribution < 1.29 is 26.0 Å². The molecule has 0 aliphatic rings. The van der Waals surface area contributed by atoms with Crippen LogP contribution in [-0.2, 0) is 20.8 Å². The van der Waals surface area contributed by atoms with Crippen LogP contribution in [0.25, 0.3) is 0 Å². The normalized spacial score (nSPS) is 10.5. The molecule has 106 valence electrons. The number of halogens is 2. The Morgan fingerprint density at radius 1 is 1.21 bits per heavy atom. The van der Waals surface area contributed by atoms with Crippen molar-refractivity contribution in [2.75, 3.05) is 0 Å². The van der Waals surface area contributed by atoms with Gasteiger partial charge in [0.05, 0.1) is 0 Å². The molecule has 0 amide bonds. The van der Waals surface area contributed by atoms with Gasteiger partial charge in [-0.1, -0.05) is 26.0 Å². The van der Waals surface area contributed by atoms with Gasteiger partial charge in [0, 0.05) is 17.8 Å². The Hall–Kier alpha value is 0.153. The van der Waals surface area contributed by atoms with E-state index in [0.29, 0.717) is 11.8 Å². The van der Waals surface area contributed by atoms with Crippen molar-refractivity contribution >= 4 is 23.2 Å². The molecular formula is C14H21Cl2NOZr. The summed E-state index contributed by atoms with van der Waals surface area (Å²) in [6.45, 7) is 8.17. The van der Waals surface area contributed by atoms with Crippen LogP contribution in [0.5, 0.6) is 5.75 Å². The van der Waals surface area contributed by atoms with Crippen LogP contribution in [0.3, 0.4) is 0 Å². The molecular weight excluding hydrogens is 360 g/mol. The van der Waals surface area contributed by atoms with Gasteiger partial charge in [0.2, 0.25) is 0 Å². The summed E-state index contributed by atoms with van der Waals surface area (Å²) in [7, 11) is 9.87. The molecule has 0 unspecified atom stereocenters. The molecule has 0 aliphatic carbocycles. The first-order chi connectivity index (χ1) is 9.01. The maximum atomic E-state index is 9.95. The zero-order valence-corrected chi connectivity index (χ0v) is 15.8. The van der Waals surface area contributed by atoms with E-state index < -0.39 is 20.8 Å². The fourth-order valence-electron chi connectivity index (χ4n) is 1.66. The molecule has 0 fully saturated rings. The van der Waals surface area contributed by atoms with Gasteiger partial charge in [0.25, 0.3) is 0 Å². The van der Waals surface area contributed by atoms with E-state index in [0.717, 1.165) is 29.5 Å². The molecule has 1 aromatic carbocycles. The van der Waals surface area contributed by atoms with Gasteiger partial charge in [0.15, 0.2) is 0 Å². The van der Waals surface area contributed by atoms with Crippen LogP contribution in [-0.4, -0.2) is 17.4 Å². The van der Waals surface area contributed by atoms with Gasteiger partial charge < -0.3 is 5.11 Å². The molecule has 0 atom stereocenters. The summed E-state index contributed by atoms with van der Waals surface area (Å²) >= 11 is -0.826. The third kappa shape index (κ3) is 6.92. The Labute approximate surface area is 134 Å². The summed E-state index contributed by atoms with van der Waals surface area (Å²) in [4.78, 5) is 4.51. The van der Waals surface area contributed by atoms with Crippen molar-refractivity contribution in [1.82, 2.24) is 0 Å². The van der Waals surface area contributed by atoms with E-state index in [1.807, 2.05) is 32.2 Å². The summed E-state index contributed by atoms with van der Waals surface area (Å²) in [6, 6.07) is 4.31. The molecule has 0 heterocycles. The quantitative estimate of drug-likeness (QED) is 0.732. The number of phenolic OH excluding ortho intramolecular Hbond substituents is 1. The first kappa shape index (κ1) is 19.2. The average Bonchev–Trinajstić information content (AvgIpc) is 2.39. The Kier molecular flexibility index (Phi) is 11.0. The topological polar surface area (TPSA) is 32.6 Å². The molecule has 1 rings (SSSR count). The molecule has 0 saturated carbocycles. The molecule has 1 N–H and O–H groups in total. The first-order valence-corrected chi connectivity index (χ1v) is 12.6. The van der Waals surface area contributed by atoms with Crippen molar-refractivity contribution in [3.05, 3.63) is 28.8 Å². The number of hydrogen-bond donors (Lipinski definition) is 1. The molecule has 0 saturated heterocycles. The van der Waals surface area contributed by atoms with E-state index in [1.165, 1.54) is 0 Å². The Morgan fingerprint density at radius 3 is 2.16 bits per heavy atom. The minimum atomic E-state index is -0.826. The predicted octanol–water partition coefficient (Wildman–Crippen LogP) is 4.99. The van der Waals surface area contributed by atoms with Crippen LogP contribution in [0.4, 0.5) is 0 Å². The Morgan fingerprint density at radius 2 is 1.68 bits per heavy atom. The monoisotopic (exact) mass is 379 g/mol. The van der Waals surface area contributed by atoms with E-state index in [4.69, 9.17) is 17.0 Å². The second kappa shape index (κ2) is 10.9. The number of aliphatic imine (C=N–C) groups is 1. The van der Waals surface area contributed by atoms with Crippen LogP contribution < -0.4 is 0 Å². The van der Waals surface area contributed by atoms with E-state index in [-0.39, 0.29) is 0 Å². The molecule has 0 spiro atoms. The summed E-state index contributed by atoms with van der Waals surface area (Å²) < 4.78 is 0. The maximum absolute atomic E-state index is 9.95. The van der Waals surface area contributed by atoms with Crippen LogP contribution in [0.2, 0.25) is 0 Å². The summed E-state index contributed by atoms with van der Waals surface area (Å²) in [5.74, 6) is 0.356. The number of aryl methyl sites for hydroxylation is 2. The molecule has 5 heteroatoms. The van der Waals surface area contributed by atoms with E-state index >= 15 is 0 Å². The number of hydrogen-bond acceptors (Lipinski definition) is 2. The molecule has 1 aromatic rings. The molecule has 0 bridgehead atoms. The summed E-state index contributed by atoms with van der Waals surface area (Å²) in [6.07, 6.45) is 3.90. The van der Waals surface area contributed by atoms with Crippen molar-refractivity contribution in [2.45, 2.75) is 46.6 Å². The zero-order valence-electron chi connectivity index (χ0n) is 11.9. The number of benzene rings is 1. The van der Waals surface area contributed by atoms with Gasteiger partial charge in [-0.2, -0.15) is 0 Å². The summed E-state index contributed by atoms with van der Waals surface area (Å²) in [5, 5.41) is 9.95. The molecule has 2 nitrogen and oxygen atoms in total. The van der Waals surface area contributed by atoms with Crippen LogP contribution in [0.1, 0.15) is 43.4 Å². The molecule has 0 aromatic heterocycles. The van der Waals surface area contributed by atoms with Gasteiger partial charge in [-0.25, -0.2) is 0 Å². The molecule has 0 radical (unpaired) electrons. The zero-order chi connectivity index (χ0) is 14.8. The number of phenols is 1.